The zero-order valence-electron chi connectivity index (χ0n) is 18.3. The first-order valence-electron chi connectivity index (χ1n) is 10.6. The van der Waals surface area contributed by atoms with E-state index in [1.54, 1.807) is 25.3 Å². The fraction of sp³-hybridized carbons (Fsp3) is 0.154. The summed E-state index contributed by atoms with van der Waals surface area (Å²) in [7, 11) is 1.60. The van der Waals surface area contributed by atoms with E-state index in [0.29, 0.717) is 30.1 Å². The summed E-state index contributed by atoms with van der Waals surface area (Å²) in [6.45, 7) is 1.14. The molecule has 0 fully saturated rings. The molecule has 0 saturated heterocycles. The van der Waals surface area contributed by atoms with Gasteiger partial charge in [-0.15, -0.1) is 11.8 Å². The van der Waals surface area contributed by atoms with Crippen molar-refractivity contribution in [2.75, 3.05) is 24.7 Å². The second kappa shape index (κ2) is 10.7. The minimum absolute atomic E-state index is 0.0831. The Hall–Kier alpha value is -3.71. The van der Waals surface area contributed by atoms with E-state index < -0.39 is 0 Å². The zero-order valence-corrected chi connectivity index (χ0v) is 19.1. The molecular weight excluding hydrogens is 434 g/mol. The number of methoxy groups -OCH3 is 1. The maximum Gasteiger partial charge on any atom is 0.251 e. The van der Waals surface area contributed by atoms with Crippen molar-refractivity contribution in [2.45, 2.75) is 11.4 Å². The van der Waals surface area contributed by atoms with Crippen molar-refractivity contribution in [2.24, 2.45) is 0 Å². The summed E-state index contributed by atoms with van der Waals surface area (Å²) >= 11 is 1.49. The van der Waals surface area contributed by atoms with Crippen LogP contribution in [0.4, 0.5) is 5.69 Å². The molecule has 4 rings (SSSR count). The van der Waals surface area contributed by atoms with Crippen molar-refractivity contribution in [1.82, 2.24) is 9.88 Å². The van der Waals surface area contributed by atoms with E-state index in [-0.39, 0.29) is 17.6 Å². The Kier molecular flexibility index (Phi) is 7.32. The Balaban J connectivity index is 1.38. The van der Waals surface area contributed by atoms with E-state index >= 15 is 0 Å². The Morgan fingerprint density at radius 2 is 1.76 bits per heavy atom. The van der Waals surface area contributed by atoms with Crippen molar-refractivity contribution in [3.8, 4) is 5.75 Å². The first-order chi connectivity index (χ1) is 16.1. The van der Waals surface area contributed by atoms with Crippen LogP contribution in [0.5, 0.6) is 5.75 Å². The van der Waals surface area contributed by atoms with Gasteiger partial charge in [0.25, 0.3) is 5.91 Å². The van der Waals surface area contributed by atoms with Crippen molar-refractivity contribution >= 4 is 40.2 Å². The van der Waals surface area contributed by atoms with Gasteiger partial charge in [0.2, 0.25) is 5.91 Å². The summed E-state index contributed by atoms with van der Waals surface area (Å²) in [6.07, 6.45) is 2.04. The number of anilines is 1. The van der Waals surface area contributed by atoms with Gasteiger partial charge in [-0.1, -0.05) is 42.5 Å². The average Bonchev–Trinajstić information content (AvgIpc) is 3.21. The van der Waals surface area contributed by atoms with Gasteiger partial charge in [0.05, 0.1) is 12.9 Å². The maximum absolute atomic E-state index is 12.5. The minimum Gasteiger partial charge on any atom is -0.497 e. The molecule has 0 bridgehead atoms. The number of aromatic nitrogens is 1. The Bertz CT molecular complexity index is 1250. The molecule has 1 aromatic heterocycles. The molecule has 2 N–H and O–H groups in total. The molecule has 0 aliphatic heterocycles. The third kappa shape index (κ3) is 5.75. The highest BCUT2D eigenvalue weighted by Crippen LogP contribution is 2.30. The predicted octanol–water partition coefficient (Wildman–Crippen LogP) is 4.81. The number of para-hydroxylation sites is 1. The molecule has 4 aromatic rings. The fourth-order valence-corrected chi connectivity index (χ4v) is 4.42. The number of thioether (sulfide) groups is 1. The van der Waals surface area contributed by atoms with Gasteiger partial charge in [-0.05, 0) is 30.3 Å². The Morgan fingerprint density at radius 1 is 0.970 bits per heavy atom. The smallest absolute Gasteiger partial charge is 0.251 e. The van der Waals surface area contributed by atoms with Gasteiger partial charge in [0.1, 0.15) is 5.75 Å². The van der Waals surface area contributed by atoms with Crippen LogP contribution in [0.3, 0.4) is 0 Å². The number of ether oxygens (including phenoxy) is 1. The number of carbonyl (C=O) groups is 2. The molecule has 3 aromatic carbocycles. The molecule has 6 nitrogen and oxygen atoms in total. The van der Waals surface area contributed by atoms with E-state index in [4.69, 9.17) is 4.74 Å². The van der Waals surface area contributed by atoms with Crippen LogP contribution in [0.15, 0.2) is 90.0 Å². The molecule has 168 valence electrons. The highest BCUT2D eigenvalue weighted by atomic mass is 32.2. The summed E-state index contributed by atoms with van der Waals surface area (Å²) in [5, 5.41) is 6.97. The van der Waals surface area contributed by atoms with Crippen LogP contribution in [-0.4, -0.2) is 35.8 Å². The second-order valence-electron chi connectivity index (χ2n) is 7.39. The summed E-state index contributed by atoms with van der Waals surface area (Å²) in [5.41, 5.74) is 2.42. The van der Waals surface area contributed by atoms with Crippen LogP contribution in [0, 0.1) is 0 Å². The molecule has 7 heteroatoms. The third-order valence-corrected chi connectivity index (χ3v) is 6.18. The summed E-state index contributed by atoms with van der Waals surface area (Å²) in [6, 6.07) is 24.6. The van der Waals surface area contributed by atoms with E-state index in [0.717, 1.165) is 15.8 Å². The number of carbonyl (C=O) groups excluding carboxylic acids is 2. The van der Waals surface area contributed by atoms with Crippen LogP contribution in [0.2, 0.25) is 0 Å². The van der Waals surface area contributed by atoms with Crippen LogP contribution in [0.25, 0.3) is 10.9 Å². The fourth-order valence-electron chi connectivity index (χ4n) is 3.54. The molecule has 0 unspecified atom stereocenters. The minimum atomic E-state index is -0.0872. The van der Waals surface area contributed by atoms with Gasteiger partial charge in [0.15, 0.2) is 0 Å². The van der Waals surface area contributed by atoms with Gasteiger partial charge in [-0.3, -0.25) is 9.59 Å². The van der Waals surface area contributed by atoms with E-state index in [2.05, 4.69) is 27.3 Å². The van der Waals surface area contributed by atoms with Gasteiger partial charge in [-0.2, -0.15) is 0 Å². The molecule has 0 radical (unpaired) electrons. The van der Waals surface area contributed by atoms with Gasteiger partial charge in [-0.25, -0.2) is 0 Å². The first kappa shape index (κ1) is 22.5. The molecule has 0 aliphatic rings. The summed E-state index contributed by atoms with van der Waals surface area (Å²) in [5.74, 6) is 0.814. The van der Waals surface area contributed by atoms with Crippen LogP contribution in [0.1, 0.15) is 10.4 Å². The van der Waals surface area contributed by atoms with Crippen LogP contribution < -0.4 is 15.4 Å². The molecule has 2 amide bonds. The molecule has 1 heterocycles. The Morgan fingerprint density at radius 3 is 2.58 bits per heavy atom. The topological polar surface area (TPSA) is 72.4 Å². The third-order valence-electron chi connectivity index (χ3n) is 5.14. The number of fused-ring (bicyclic) bond motifs is 1. The highest BCUT2D eigenvalue weighted by molar-refractivity contribution is 8.00. The SMILES string of the molecule is COc1cccc(NC(=O)CSc2cn(CCNC(=O)c3ccccc3)c3ccccc23)c1. The molecule has 0 saturated carbocycles. The lowest BCUT2D eigenvalue weighted by molar-refractivity contribution is -0.113. The number of benzene rings is 3. The lowest BCUT2D eigenvalue weighted by Crippen LogP contribution is -2.26. The predicted molar refractivity (Wildman–Crippen MR) is 133 cm³/mol. The van der Waals surface area contributed by atoms with Gasteiger partial charge >= 0.3 is 0 Å². The standard InChI is InChI=1S/C26H25N3O3S/c1-32-21-11-7-10-20(16-21)28-25(30)18-33-24-17-29(23-13-6-5-12-22(23)24)15-14-27-26(31)19-8-3-2-4-9-19/h2-13,16-17H,14-15,18H2,1H3,(H,27,31)(H,28,30). The molecule has 0 aliphatic carbocycles. The van der Waals surface area contributed by atoms with E-state index in [9.17, 15) is 9.59 Å². The highest BCUT2D eigenvalue weighted by Gasteiger charge is 2.12. The monoisotopic (exact) mass is 459 g/mol. The molecule has 0 spiro atoms. The average molecular weight is 460 g/mol. The van der Waals surface area contributed by atoms with Crippen molar-refractivity contribution in [1.29, 1.82) is 0 Å². The number of amides is 2. The number of nitrogens with zero attached hydrogens (tertiary/aromatic N) is 1. The Labute approximate surface area is 196 Å². The lowest BCUT2D eigenvalue weighted by atomic mass is 10.2. The number of hydrogen-bond acceptors (Lipinski definition) is 4. The van der Waals surface area contributed by atoms with Gasteiger partial charge < -0.3 is 19.9 Å². The number of rotatable bonds is 9. The molecule has 33 heavy (non-hydrogen) atoms. The molecular formula is C26H25N3O3S. The van der Waals surface area contributed by atoms with Crippen LogP contribution in [-0.2, 0) is 11.3 Å². The van der Waals surface area contributed by atoms with E-state index in [1.807, 2.05) is 54.7 Å². The van der Waals surface area contributed by atoms with Crippen molar-refractivity contribution in [3.05, 3.63) is 90.6 Å². The molecule has 0 atom stereocenters. The van der Waals surface area contributed by atoms with Crippen LogP contribution >= 0.6 is 11.8 Å². The van der Waals surface area contributed by atoms with Crippen molar-refractivity contribution in [3.63, 3.8) is 0 Å². The maximum atomic E-state index is 12.5. The number of nitrogens with one attached hydrogen (secondary N) is 2. The summed E-state index contributed by atoms with van der Waals surface area (Å²) < 4.78 is 7.32. The first-order valence-corrected chi connectivity index (χ1v) is 11.6. The normalized spacial score (nSPS) is 10.7. The van der Waals surface area contributed by atoms with Gasteiger partial charge in [0, 0.05) is 52.4 Å². The largest absolute Gasteiger partial charge is 0.497 e. The zero-order chi connectivity index (χ0) is 23.0. The quantitative estimate of drug-likeness (QED) is 0.352. The van der Waals surface area contributed by atoms with E-state index in [1.165, 1.54) is 11.8 Å². The van der Waals surface area contributed by atoms with Crippen molar-refractivity contribution < 1.29 is 14.3 Å². The number of hydrogen-bond donors (Lipinski definition) is 2. The lowest BCUT2D eigenvalue weighted by Gasteiger charge is -2.07. The second-order valence-corrected chi connectivity index (χ2v) is 8.41. The summed E-state index contributed by atoms with van der Waals surface area (Å²) in [4.78, 5) is 25.8.